The van der Waals surface area contributed by atoms with Crippen molar-refractivity contribution in [3.05, 3.63) is 95.1 Å². The molecule has 2 atom stereocenters. The van der Waals surface area contributed by atoms with E-state index >= 15 is 0 Å². The number of benzene rings is 3. The first-order valence-corrected chi connectivity index (χ1v) is 13.2. The number of phenols is 1. The zero-order chi connectivity index (χ0) is 24.7. The Morgan fingerprint density at radius 2 is 1.83 bits per heavy atom. The number of hydrogen-bond donors (Lipinski definition) is 1. The first kappa shape index (κ1) is 23.1. The Morgan fingerprint density at radius 3 is 2.53 bits per heavy atom. The van der Waals surface area contributed by atoms with Crippen molar-refractivity contribution in [2.45, 2.75) is 44.2 Å². The second-order valence-electron chi connectivity index (χ2n) is 10.8. The summed E-state index contributed by atoms with van der Waals surface area (Å²) in [5.74, 6) is 1.98. The molecule has 186 valence electrons. The van der Waals surface area contributed by atoms with Gasteiger partial charge in [0, 0.05) is 24.2 Å². The highest BCUT2D eigenvalue weighted by Gasteiger charge is 2.56. The van der Waals surface area contributed by atoms with E-state index in [0.717, 1.165) is 67.3 Å². The number of nitrogens with zero attached hydrogens (tertiary/aromatic N) is 2. The summed E-state index contributed by atoms with van der Waals surface area (Å²) in [6, 6.07) is 23.2. The molecule has 1 saturated heterocycles. The van der Waals surface area contributed by atoms with Gasteiger partial charge >= 0.3 is 0 Å². The van der Waals surface area contributed by atoms with Gasteiger partial charge in [-0.25, -0.2) is 0 Å². The number of rotatable bonds is 6. The minimum Gasteiger partial charge on any atom is -0.508 e. The van der Waals surface area contributed by atoms with E-state index in [1.165, 1.54) is 6.42 Å². The number of hydrogen-bond acceptors (Lipinski definition) is 4. The molecule has 5 heteroatoms. The number of amides is 1. The van der Waals surface area contributed by atoms with Gasteiger partial charge in [-0.2, -0.15) is 0 Å². The number of fused-ring (bicyclic) bond motifs is 1. The molecule has 1 saturated carbocycles. The highest BCUT2D eigenvalue weighted by molar-refractivity contribution is 5.96. The SMILES string of the molecule is C[C@@H]1CCN(CCOc2ccc([C@@H]3c4ccc(O)cc4CC4(CC4)N3C(=O)c3ccccc3)cc2)C1. The van der Waals surface area contributed by atoms with E-state index in [9.17, 15) is 9.90 Å². The Hall–Kier alpha value is -3.31. The zero-order valence-corrected chi connectivity index (χ0v) is 20.9. The molecule has 1 amide bonds. The molecular formula is C31H34N2O3. The van der Waals surface area contributed by atoms with Crippen LogP contribution in [-0.2, 0) is 6.42 Å². The standard InChI is InChI=1S/C31H34N2O3/c1-22-13-16-32(21-22)17-18-36-27-10-7-23(8-11-27)29-28-12-9-26(34)19-25(28)20-31(14-15-31)33(29)30(35)24-5-3-2-4-6-24/h2-12,19,22,29,34H,13-18,20-21H2,1H3/t22-,29-/m1/s1. The number of aromatic hydroxyl groups is 1. The third-order valence-corrected chi connectivity index (χ3v) is 8.16. The molecule has 2 fully saturated rings. The Bertz CT molecular complexity index is 1240. The fourth-order valence-electron chi connectivity index (χ4n) is 6.08. The summed E-state index contributed by atoms with van der Waals surface area (Å²) in [4.78, 5) is 18.5. The highest BCUT2D eigenvalue weighted by Crippen LogP contribution is 2.55. The van der Waals surface area contributed by atoms with Crippen molar-refractivity contribution in [1.82, 2.24) is 9.80 Å². The molecule has 0 radical (unpaired) electrons. The van der Waals surface area contributed by atoms with Crippen LogP contribution in [0.4, 0.5) is 0 Å². The summed E-state index contributed by atoms with van der Waals surface area (Å²) in [5, 5.41) is 10.2. The Kier molecular flexibility index (Phi) is 5.96. The largest absolute Gasteiger partial charge is 0.508 e. The van der Waals surface area contributed by atoms with Crippen molar-refractivity contribution in [3.63, 3.8) is 0 Å². The zero-order valence-electron chi connectivity index (χ0n) is 20.9. The molecule has 3 aromatic carbocycles. The number of likely N-dealkylation sites (tertiary alicyclic amines) is 1. The Labute approximate surface area is 213 Å². The van der Waals surface area contributed by atoms with E-state index in [2.05, 4.69) is 28.9 Å². The van der Waals surface area contributed by atoms with Gasteiger partial charge in [0.15, 0.2) is 0 Å². The molecule has 1 spiro atoms. The predicted molar refractivity (Wildman–Crippen MR) is 140 cm³/mol. The molecule has 2 heterocycles. The van der Waals surface area contributed by atoms with Crippen LogP contribution in [0.2, 0.25) is 0 Å². The number of phenolic OH excluding ortho intramolecular Hbond substituents is 1. The average molecular weight is 483 g/mol. The maximum Gasteiger partial charge on any atom is 0.255 e. The van der Waals surface area contributed by atoms with Crippen molar-refractivity contribution < 1.29 is 14.6 Å². The summed E-state index contributed by atoms with van der Waals surface area (Å²) in [7, 11) is 0. The first-order valence-electron chi connectivity index (χ1n) is 13.2. The van der Waals surface area contributed by atoms with E-state index in [4.69, 9.17) is 4.74 Å². The lowest BCUT2D eigenvalue weighted by atomic mass is 9.82. The second-order valence-corrected chi connectivity index (χ2v) is 10.8. The van der Waals surface area contributed by atoms with Crippen LogP contribution < -0.4 is 4.74 Å². The van der Waals surface area contributed by atoms with Crippen LogP contribution in [0.5, 0.6) is 11.5 Å². The Morgan fingerprint density at radius 1 is 1.06 bits per heavy atom. The maximum absolute atomic E-state index is 13.9. The van der Waals surface area contributed by atoms with Gasteiger partial charge in [0.05, 0.1) is 6.04 Å². The van der Waals surface area contributed by atoms with E-state index in [1.807, 2.05) is 54.6 Å². The lowest BCUT2D eigenvalue weighted by molar-refractivity contribution is 0.0541. The average Bonchev–Trinajstić information content (AvgIpc) is 3.53. The van der Waals surface area contributed by atoms with Gasteiger partial charge in [0.25, 0.3) is 5.91 Å². The van der Waals surface area contributed by atoms with Gasteiger partial charge in [0.2, 0.25) is 0 Å². The van der Waals surface area contributed by atoms with E-state index < -0.39 is 0 Å². The Balaban J connectivity index is 1.29. The topological polar surface area (TPSA) is 53.0 Å². The highest BCUT2D eigenvalue weighted by atomic mass is 16.5. The van der Waals surface area contributed by atoms with Crippen molar-refractivity contribution in [1.29, 1.82) is 0 Å². The van der Waals surface area contributed by atoms with Gasteiger partial charge in [-0.15, -0.1) is 0 Å². The van der Waals surface area contributed by atoms with Gasteiger partial charge in [-0.1, -0.05) is 43.3 Å². The maximum atomic E-state index is 13.9. The van der Waals surface area contributed by atoms with E-state index in [0.29, 0.717) is 12.2 Å². The molecule has 1 aliphatic carbocycles. The molecule has 36 heavy (non-hydrogen) atoms. The van der Waals surface area contributed by atoms with Crippen molar-refractivity contribution >= 4 is 5.91 Å². The first-order chi connectivity index (χ1) is 17.5. The summed E-state index contributed by atoms with van der Waals surface area (Å²) < 4.78 is 6.07. The van der Waals surface area contributed by atoms with Crippen LogP contribution in [-0.4, -0.2) is 52.6 Å². The minimum atomic E-state index is -0.204. The van der Waals surface area contributed by atoms with Crippen molar-refractivity contribution in [2.24, 2.45) is 5.92 Å². The predicted octanol–water partition coefficient (Wildman–Crippen LogP) is 5.43. The second kappa shape index (κ2) is 9.29. The molecule has 3 aromatic rings. The summed E-state index contributed by atoms with van der Waals surface area (Å²) in [5.41, 5.74) is 3.81. The van der Waals surface area contributed by atoms with Crippen molar-refractivity contribution in [2.75, 3.05) is 26.2 Å². The fraction of sp³-hybridized carbons (Fsp3) is 0.387. The van der Waals surface area contributed by atoms with Crippen LogP contribution in [0.1, 0.15) is 59.3 Å². The molecule has 3 aliphatic rings. The summed E-state index contributed by atoms with van der Waals surface area (Å²) >= 11 is 0. The van der Waals surface area contributed by atoms with Gasteiger partial charge in [-0.05, 0) is 91.2 Å². The van der Waals surface area contributed by atoms with E-state index in [1.54, 1.807) is 6.07 Å². The number of carbonyl (C=O) groups is 1. The molecular weight excluding hydrogens is 448 g/mol. The van der Waals surface area contributed by atoms with Crippen LogP contribution in [0.25, 0.3) is 0 Å². The van der Waals surface area contributed by atoms with Gasteiger partial charge in [0.1, 0.15) is 18.1 Å². The molecule has 2 aliphatic heterocycles. The minimum absolute atomic E-state index is 0.0667. The molecule has 6 rings (SSSR count). The quantitative estimate of drug-likeness (QED) is 0.509. The van der Waals surface area contributed by atoms with Gasteiger partial charge < -0.3 is 14.7 Å². The molecule has 0 unspecified atom stereocenters. The number of ether oxygens (including phenoxy) is 1. The van der Waals surface area contributed by atoms with Crippen LogP contribution >= 0.6 is 0 Å². The van der Waals surface area contributed by atoms with Gasteiger partial charge in [-0.3, -0.25) is 9.69 Å². The fourth-order valence-corrected chi connectivity index (χ4v) is 6.08. The molecule has 0 aromatic heterocycles. The lowest BCUT2D eigenvalue weighted by Gasteiger charge is -2.44. The van der Waals surface area contributed by atoms with Crippen LogP contribution in [0.15, 0.2) is 72.8 Å². The van der Waals surface area contributed by atoms with Crippen LogP contribution in [0.3, 0.4) is 0 Å². The summed E-state index contributed by atoms with van der Waals surface area (Å²) in [6.45, 7) is 6.26. The monoisotopic (exact) mass is 482 g/mol. The smallest absolute Gasteiger partial charge is 0.255 e. The molecule has 1 N–H and O–H groups in total. The third kappa shape index (κ3) is 4.37. The molecule has 0 bridgehead atoms. The third-order valence-electron chi connectivity index (χ3n) is 8.16. The molecule has 5 nitrogen and oxygen atoms in total. The number of carbonyl (C=O) groups excluding carboxylic acids is 1. The summed E-state index contributed by atoms with van der Waals surface area (Å²) in [6.07, 6.45) is 4.01. The van der Waals surface area contributed by atoms with Crippen molar-refractivity contribution in [3.8, 4) is 11.5 Å². The van der Waals surface area contributed by atoms with Crippen LogP contribution in [0, 0.1) is 5.92 Å². The lowest BCUT2D eigenvalue weighted by Crippen LogP contribution is -2.49. The normalized spacial score (nSPS) is 22.4. The van der Waals surface area contributed by atoms with E-state index in [-0.39, 0.29) is 23.2 Å².